The minimum atomic E-state index is -0.474. The van der Waals surface area contributed by atoms with Crippen molar-refractivity contribution < 1.29 is 14.7 Å². The van der Waals surface area contributed by atoms with Gasteiger partial charge in [-0.1, -0.05) is 37.3 Å². The van der Waals surface area contributed by atoms with Crippen molar-refractivity contribution in [1.29, 1.82) is 0 Å². The van der Waals surface area contributed by atoms with Gasteiger partial charge in [0.1, 0.15) is 0 Å². The smallest absolute Gasteiger partial charge is 0.194 e. The number of nitrogens with one attached hydrogen (secondary N) is 1. The highest BCUT2D eigenvalue weighted by Crippen LogP contribution is 2.48. The molecule has 3 aliphatic rings. The number of aliphatic hydroxyl groups is 1. The van der Waals surface area contributed by atoms with Gasteiger partial charge in [-0.15, -0.1) is 0 Å². The summed E-state index contributed by atoms with van der Waals surface area (Å²) < 4.78 is 0. The number of hydrogen-bond donors (Lipinski definition) is 2. The average molecular weight is 366 g/mol. The number of carbonyl (C=O) groups excluding carboxylic acids is 2. The Balaban J connectivity index is 1.87. The molecule has 1 aromatic rings. The van der Waals surface area contributed by atoms with Crippen molar-refractivity contribution >= 4 is 11.6 Å². The zero-order valence-corrected chi connectivity index (χ0v) is 15.9. The molecule has 2 atom stereocenters. The Bertz CT molecular complexity index is 868. The van der Waals surface area contributed by atoms with Crippen LogP contribution in [0.25, 0.3) is 0 Å². The van der Waals surface area contributed by atoms with Gasteiger partial charge in [0.2, 0.25) is 0 Å². The fourth-order valence-electron chi connectivity index (χ4n) is 4.94. The topological polar surface area (TPSA) is 69.6 Å². The number of benzene rings is 1. The van der Waals surface area contributed by atoms with Crippen molar-refractivity contribution in [1.82, 2.24) is 10.2 Å². The van der Waals surface area contributed by atoms with E-state index in [1.54, 1.807) is 12.1 Å². The summed E-state index contributed by atoms with van der Waals surface area (Å²) in [7, 11) is 0. The van der Waals surface area contributed by atoms with Gasteiger partial charge in [-0.3, -0.25) is 14.5 Å². The molecule has 2 unspecified atom stereocenters. The monoisotopic (exact) mass is 366 g/mol. The number of Topliss-reactive ketones (excluding diaryl/α,β-unsaturated/α-hetero) is 2. The number of fused-ring (bicyclic) bond motifs is 1. The fourth-order valence-corrected chi connectivity index (χ4v) is 4.94. The van der Waals surface area contributed by atoms with Gasteiger partial charge in [-0.05, 0) is 18.9 Å². The quantitative estimate of drug-likeness (QED) is 0.856. The molecule has 4 rings (SSSR count). The maximum atomic E-state index is 13.5. The van der Waals surface area contributed by atoms with Gasteiger partial charge in [0.25, 0.3) is 0 Å². The average Bonchev–Trinajstić information content (AvgIpc) is 2.68. The Kier molecular flexibility index (Phi) is 4.62. The van der Waals surface area contributed by atoms with Crippen molar-refractivity contribution in [3.8, 4) is 0 Å². The fraction of sp³-hybridized carbons (Fsp3) is 0.455. The van der Waals surface area contributed by atoms with Crippen molar-refractivity contribution in [2.45, 2.75) is 26.3 Å². The molecule has 2 aliphatic carbocycles. The highest BCUT2D eigenvalue weighted by molar-refractivity contribution is 6.29. The van der Waals surface area contributed by atoms with Gasteiger partial charge >= 0.3 is 0 Å². The molecule has 0 radical (unpaired) electrons. The van der Waals surface area contributed by atoms with Gasteiger partial charge < -0.3 is 10.4 Å². The molecule has 1 fully saturated rings. The number of ketones is 2. The third-order valence-electron chi connectivity index (χ3n) is 6.40. The van der Waals surface area contributed by atoms with Crippen LogP contribution >= 0.6 is 0 Å². The lowest BCUT2D eigenvalue weighted by Gasteiger charge is -2.49. The number of carbonyl (C=O) groups is 2. The molecular weight excluding hydrogens is 340 g/mol. The van der Waals surface area contributed by atoms with E-state index >= 15 is 0 Å². The number of rotatable bonds is 3. The summed E-state index contributed by atoms with van der Waals surface area (Å²) in [5.41, 5.74) is 2.68. The maximum absolute atomic E-state index is 13.5. The lowest BCUT2D eigenvalue weighted by Crippen LogP contribution is -2.60. The molecule has 5 heteroatoms. The molecule has 1 saturated heterocycles. The zero-order chi connectivity index (χ0) is 19.2. The molecule has 0 aromatic heterocycles. The first-order valence-corrected chi connectivity index (χ1v) is 9.65. The van der Waals surface area contributed by atoms with E-state index in [1.165, 1.54) is 0 Å². The van der Waals surface area contributed by atoms with Crippen molar-refractivity contribution in [3.05, 3.63) is 58.2 Å². The van der Waals surface area contributed by atoms with Crippen molar-refractivity contribution in [3.63, 3.8) is 0 Å². The summed E-state index contributed by atoms with van der Waals surface area (Å²) in [4.78, 5) is 29.1. The number of nitrogens with zero attached hydrogens (tertiary/aromatic N) is 1. The molecule has 1 aromatic carbocycles. The normalized spacial score (nSPS) is 28.7. The molecule has 142 valence electrons. The molecule has 1 aliphatic heterocycles. The van der Waals surface area contributed by atoms with Crippen LogP contribution in [0.2, 0.25) is 0 Å². The van der Waals surface area contributed by atoms with Gasteiger partial charge in [0, 0.05) is 59.9 Å². The summed E-state index contributed by atoms with van der Waals surface area (Å²) in [6.07, 6.45) is 2.82. The number of β-amino-alcohol motifs (C(OH)–C–C–N with tert-alkyl or cyclic N) is 1. The highest BCUT2D eigenvalue weighted by atomic mass is 16.3. The predicted octanol–water partition coefficient (Wildman–Crippen LogP) is 1.98. The third kappa shape index (κ3) is 2.73. The lowest BCUT2D eigenvalue weighted by atomic mass is 9.61. The summed E-state index contributed by atoms with van der Waals surface area (Å²) in [6.45, 7) is 7.12. The van der Waals surface area contributed by atoms with E-state index in [4.69, 9.17) is 0 Å². The highest BCUT2D eigenvalue weighted by Gasteiger charge is 2.49. The van der Waals surface area contributed by atoms with Crippen LogP contribution < -0.4 is 5.32 Å². The molecule has 27 heavy (non-hydrogen) atoms. The van der Waals surface area contributed by atoms with Crippen LogP contribution in [0, 0.1) is 5.41 Å². The predicted molar refractivity (Wildman–Crippen MR) is 104 cm³/mol. The number of piperazine rings is 1. The third-order valence-corrected chi connectivity index (χ3v) is 6.40. The summed E-state index contributed by atoms with van der Waals surface area (Å²) in [6, 6.07) is 7.19. The molecule has 0 bridgehead atoms. The Morgan fingerprint density at radius 3 is 2.63 bits per heavy atom. The van der Waals surface area contributed by atoms with Crippen LogP contribution in [0.3, 0.4) is 0 Å². The Hall–Kier alpha value is -2.08. The van der Waals surface area contributed by atoms with Gasteiger partial charge in [-0.2, -0.15) is 0 Å². The van der Waals surface area contributed by atoms with E-state index in [0.717, 1.165) is 25.2 Å². The molecule has 5 nitrogen and oxygen atoms in total. The minimum Gasteiger partial charge on any atom is -0.395 e. The van der Waals surface area contributed by atoms with Crippen LogP contribution in [-0.2, 0) is 0 Å². The number of hydrogen-bond acceptors (Lipinski definition) is 5. The Morgan fingerprint density at radius 1 is 1.22 bits per heavy atom. The molecule has 0 amide bonds. The summed E-state index contributed by atoms with van der Waals surface area (Å²) in [5.74, 6) is -0.0676. The van der Waals surface area contributed by atoms with Crippen molar-refractivity contribution in [2.75, 3.05) is 32.8 Å². The summed E-state index contributed by atoms with van der Waals surface area (Å²) >= 11 is 0. The first kappa shape index (κ1) is 18.3. The van der Waals surface area contributed by atoms with E-state index in [-0.39, 0.29) is 24.2 Å². The first-order valence-electron chi connectivity index (χ1n) is 9.65. The standard InChI is InChI=1S/C22H26N2O3/c1-14-7-8-22(2,17-13-23-9-10-24(17)11-12-25)19-18(14)20(26)15-5-3-4-6-16(15)21(19)27/h3-7,17,23,25H,8-13H2,1-2H3. The van der Waals surface area contributed by atoms with E-state index in [0.29, 0.717) is 35.2 Å². The second kappa shape index (κ2) is 6.82. The molecule has 2 N–H and O–H groups in total. The van der Waals surface area contributed by atoms with Crippen LogP contribution in [0.4, 0.5) is 0 Å². The SMILES string of the molecule is CC1=CCC(C)(C2CNCCN2CCO)C2=C1C(=O)c1ccccc1C2=O. The van der Waals surface area contributed by atoms with Gasteiger partial charge in [0.05, 0.1) is 6.61 Å². The maximum Gasteiger partial charge on any atom is 0.194 e. The molecule has 1 heterocycles. The van der Waals surface area contributed by atoms with Crippen LogP contribution in [0.1, 0.15) is 41.0 Å². The number of allylic oxidation sites excluding steroid dienone is 3. The molecule has 0 spiro atoms. The molecule has 0 saturated carbocycles. The van der Waals surface area contributed by atoms with Crippen LogP contribution in [0.15, 0.2) is 47.1 Å². The van der Waals surface area contributed by atoms with E-state index < -0.39 is 5.41 Å². The van der Waals surface area contributed by atoms with Crippen molar-refractivity contribution in [2.24, 2.45) is 5.41 Å². The molecular formula is C22H26N2O3. The minimum absolute atomic E-state index is 0.0235. The Labute approximate surface area is 159 Å². The van der Waals surface area contributed by atoms with Gasteiger partial charge in [-0.25, -0.2) is 0 Å². The largest absolute Gasteiger partial charge is 0.395 e. The first-order chi connectivity index (χ1) is 13.0. The second-order valence-electron chi connectivity index (χ2n) is 7.94. The van der Waals surface area contributed by atoms with Crippen LogP contribution in [0.5, 0.6) is 0 Å². The summed E-state index contributed by atoms with van der Waals surface area (Å²) in [5, 5.41) is 12.9. The van der Waals surface area contributed by atoms with E-state index in [2.05, 4.69) is 23.2 Å². The second-order valence-corrected chi connectivity index (χ2v) is 7.94. The number of aliphatic hydroxyl groups excluding tert-OH is 1. The Morgan fingerprint density at radius 2 is 1.93 bits per heavy atom. The van der Waals surface area contributed by atoms with E-state index in [1.807, 2.05) is 19.1 Å². The van der Waals surface area contributed by atoms with Gasteiger partial charge in [0.15, 0.2) is 11.6 Å². The zero-order valence-electron chi connectivity index (χ0n) is 15.9. The van der Waals surface area contributed by atoms with E-state index in [9.17, 15) is 14.7 Å². The lowest BCUT2D eigenvalue weighted by molar-refractivity contribution is 0.0546. The van der Waals surface area contributed by atoms with Crippen LogP contribution in [-0.4, -0.2) is 60.4 Å².